The third kappa shape index (κ3) is 3.97. The highest BCUT2D eigenvalue weighted by Gasteiger charge is 2.35. The second-order valence-electron chi connectivity index (χ2n) is 5.76. The normalized spacial score (nSPS) is 13.4. The highest BCUT2D eigenvalue weighted by molar-refractivity contribution is 5.82. The van der Waals surface area contributed by atoms with Crippen molar-refractivity contribution in [2.45, 2.75) is 38.5 Å². The van der Waals surface area contributed by atoms with Gasteiger partial charge in [0.1, 0.15) is 0 Å². The lowest BCUT2D eigenvalue weighted by Gasteiger charge is -2.28. The standard InChI is InChI=1S/C20H24O2/c1-3-22-19(21)20(2,18-14-8-5-9-15-18)16-10-13-17-11-6-4-7-12-17/h4-9,11-12,14-15H,3,10,13,16H2,1-2H3. The van der Waals surface area contributed by atoms with E-state index in [0.717, 1.165) is 24.8 Å². The zero-order valence-corrected chi connectivity index (χ0v) is 13.4. The molecule has 116 valence electrons. The number of aryl methyl sites for hydroxylation is 1. The molecule has 0 aliphatic heterocycles. The van der Waals surface area contributed by atoms with Crippen molar-refractivity contribution in [3.63, 3.8) is 0 Å². The highest BCUT2D eigenvalue weighted by atomic mass is 16.5. The number of hydrogen-bond acceptors (Lipinski definition) is 2. The van der Waals surface area contributed by atoms with Crippen LogP contribution in [-0.4, -0.2) is 12.6 Å². The second-order valence-corrected chi connectivity index (χ2v) is 5.76. The van der Waals surface area contributed by atoms with E-state index in [4.69, 9.17) is 4.74 Å². The van der Waals surface area contributed by atoms with E-state index in [9.17, 15) is 4.79 Å². The average molecular weight is 296 g/mol. The van der Waals surface area contributed by atoms with Crippen LogP contribution in [0.15, 0.2) is 60.7 Å². The van der Waals surface area contributed by atoms with Gasteiger partial charge in [0.05, 0.1) is 12.0 Å². The zero-order valence-electron chi connectivity index (χ0n) is 13.4. The van der Waals surface area contributed by atoms with Gasteiger partial charge in [0.15, 0.2) is 0 Å². The van der Waals surface area contributed by atoms with Crippen LogP contribution in [0.4, 0.5) is 0 Å². The van der Waals surface area contributed by atoms with Gasteiger partial charge >= 0.3 is 5.97 Å². The number of esters is 1. The molecule has 0 aliphatic carbocycles. The molecule has 0 saturated carbocycles. The van der Waals surface area contributed by atoms with Crippen LogP contribution in [-0.2, 0) is 21.4 Å². The van der Waals surface area contributed by atoms with Gasteiger partial charge in [-0.15, -0.1) is 0 Å². The predicted octanol–water partition coefficient (Wildman–Crippen LogP) is 4.53. The van der Waals surface area contributed by atoms with Crippen molar-refractivity contribution in [1.82, 2.24) is 0 Å². The lowest BCUT2D eigenvalue weighted by molar-refractivity contribution is -0.149. The summed E-state index contributed by atoms with van der Waals surface area (Å²) in [4.78, 5) is 12.5. The third-order valence-electron chi connectivity index (χ3n) is 4.12. The molecule has 0 fully saturated rings. The van der Waals surface area contributed by atoms with E-state index >= 15 is 0 Å². The molecule has 0 amide bonds. The third-order valence-corrected chi connectivity index (χ3v) is 4.12. The van der Waals surface area contributed by atoms with Gasteiger partial charge in [-0.3, -0.25) is 4.79 Å². The van der Waals surface area contributed by atoms with Crippen molar-refractivity contribution in [1.29, 1.82) is 0 Å². The maximum Gasteiger partial charge on any atom is 0.316 e. The Balaban J connectivity index is 2.10. The second kappa shape index (κ2) is 7.79. The Labute approximate surface area is 133 Å². The SMILES string of the molecule is CCOC(=O)C(C)(CCCc1ccccc1)c1ccccc1. The molecule has 0 radical (unpaired) electrons. The Bertz CT molecular complexity index is 577. The van der Waals surface area contributed by atoms with Gasteiger partial charge in [0, 0.05) is 0 Å². The summed E-state index contributed by atoms with van der Waals surface area (Å²) in [5.41, 5.74) is 1.76. The highest BCUT2D eigenvalue weighted by Crippen LogP contribution is 2.31. The Kier molecular flexibility index (Phi) is 5.76. The summed E-state index contributed by atoms with van der Waals surface area (Å²) >= 11 is 0. The van der Waals surface area contributed by atoms with Crippen LogP contribution < -0.4 is 0 Å². The van der Waals surface area contributed by atoms with Gasteiger partial charge in [0.25, 0.3) is 0 Å². The van der Waals surface area contributed by atoms with Gasteiger partial charge < -0.3 is 4.74 Å². The van der Waals surface area contributed by atoms with E-state index in [-0.39, 0.29) is 5.97 Å². The number of carbonyl (C=O) groups excluding carboxylic acids is 1. The largest absolute Gasteiger partial charge is 0.465 e. The van der Waals surface area contributed by atoms with Gasteiger partial charge in [-0.25, -0.2) is 0 Å². The van der Waals surface area contributed by atoms with Crippen LogP contribution in [0.3, 0.4) is 0 Å². The van der Waals surface area contributed by atoms with Crippen molar-refractivity contribution in [2.75, 3.05) is 6.61 Å². The molecule has 0 aliphatic rings. The van der Waals surface area contributed by atoms with Gasteiger partial charge in [-0.1, -0.05) is 60.7 Å². The van der Waals surface area contributed by atoms with Crippen molar-refractivity contribution in [3.8, 4) is 0 Å². The summed E-state index contributed by atoms with van der Waals surface area (Å²) in [5.74, 6) is -0.130. The fraction of sp³-hybridized carbons (Fsp3) is 0.350. The molecule has 1 unspecified atom stereocenters. The van der Waals surface area contributed by atoms with Gasteiger partial charge in [-0.2, -0.15) is 0 Å². The first-order chi connectivity index (χ1) is 10.7. The van der Waals surface area contributed by atoms with Crippen LogP contribution in [0, 0.1) is 0 Å². The molecule has 0 bridgehead atoms. The van der Waals surface area contributed by atoms with E-state index < -0.39 is 5.41 Å². The molecule has 0 N–H and O–H groups in total. The minimum atomic E-state index is -0.577. The van der Waals surface area contributed by atoms with Crippen molar-refractivity contribution >= 4 is 5.97 Å². The monoisotopic (exact) mass is 296 g/mol. The van der Waals surface area contributed by atoms with Crippen LogP contribution in [0.5, 0.6) is 0 Å². The summed E-state index contributed by atoms with van der Waals surface area (Å²) in [6.45, 7) is 4.26. The summed E-state index contributed by atoms with van der Waals surface area (Å²) in [5, 5.41) is 0. The summed E-state index contributed by atoms with van der Waals surface area (Å²) < 4.78 is 5.33. The van der Waals surface area contributed by atoms with Crippen molar-refractivity contribution in [3.05, 3.63) is 71.8 Å². The lowest BCUT2D eigenvalue weighted by Crippen LogP contribution is -2.34. The molecule has 2 rings (SSSR count). The maximum absolute atomic E-state index is 12.5. The van der Waals surface area contributed by atoms with Crippen LogP contribution in [0.2, 0.25) is 0 Å². The lowest BCUT2D eigenvalue weighted by atomic mass is 9.78. The zero-order chi connectivity index (χ0) is 15.8. The number of rotatable bonds is 7. The number of carbonyl (C=O) groups is 1. The minimum absolute atomic E-state index is 0.130. The van der Waals surface area contributed by atoms with E-state index in [1.54, 1.807) is 0 Å². The number of benzene rings is 2. The molecular formula is C20H24O2. The van der Waals surface area contributed by atoms with E-state index in [1.165, 1.54) is 5.56 Å². The molecule has 2 aromatic carbocycles. The first-order valence-electron chi connectivity index (χ1n) is 7.93. The summed E-state index contributed by atoms with van der Waals surface area (Å²) in [6, 6.07) is 20.3. The molecule has 0 spiro atoms. The Hall–Kier alpha value is -2.09. The van der Waals surface area contributed by atoms with Crippen molar-refractivity contribution < 1.29 is 9.53 Å². The average Bonchev–Trinajstić information content (AvgIpc) is 2.56. The van der Waals surface area contributed by atoms with E-state index in [0.29, 0.717) is 6.61 Å². The van der Waals surface area contributed by atoms with Crippen LogP contribution in [0.25, 0.3) is 0 Å². The maximum atomic E-state index is 12.5. The Morgan fingerprint density at radius 2 is 1.59 bits per heavy atom. The summed E-state index contributed by atoms with van der Waals surface area (Å²) in [6.07, 6.45) is 2.71. The molecule has 2 heteroatoms. The molecule has 0 heterocycles. The topological polar surface area (TPSA) is 26.3 Å². The summed E-state index contributed by atoms with van der Waals surface area (Å²) in [7, 11) is 0. The molecule has 2 aromatic rings. The fourth-order valence-corrected chi connectivity index (χ4v) is 2.75. The van der Waals surface area contributed by atoms with Gasteiger partial charge in [-0.05, 0) is 44.2 Å². The number of hydrogen-bond donors (Lipinski definition) is 0. The van der Waals surface area contributed by atoms with E-state index in [2.05, 4.69) is 24.3 Å². The molecular weight excluding hydrogens is 272 g/mol. The first-order valence-corrected chi connectivity index (χ1v) is 7.93. The molecule has 2 nitrogen and oxygen atoms in total. The molecule has 0 saturated heterocycles. The molecule has 0 aromatic heterocycles. The van der Waals surface area contributed by atoms with Gasteiger partial charge in [0.2, 0.25) is 0 Å². The van der Waals surface area contributed by atoms with Crippen molar-refractivity contribution in [2.24, 2.45) is 0 Å². The number of ether oxygens (including phenoxy) is 1. The quantitative estimate of drug-likeness (QED) is 0.702. The first kappa shape index (κ1) is 16.3. The smallest absolute Gasteiger partial charge is 0.316 e. The van der Waals surface area contributed by atoms with E-state index in [1.807, 2.05) is 50.2 Å². The van der Waals surface area contributed by atoms with Crippen LogP contribution >= 0.6 is 0 Å². The fourth-order valence-electron chi connectivity index (χ4n) is 2.75. The predicted molar refractivity (Wildman–Crippen MR) is 89.8 cm³/mol. The Morgan fingerprint density at radius 3 is 2.18 bits per heavy atom. The molecule has 1 atom stereocenters. The van der Waals surface area contributed by atoms with Crippen LogP contribution in [0.1, 0.15) is 37.8 Å². The molecule has 22 heavy (non-hydrogen) atoms. The Morgan fingerprint density at radius 1 is 1.00 bits per heavy atom. The minimum Gasteiger partial charge on any atom is -0.465 e.